The van der Waals surface area contributed by atoms with E-state index in [1.165, 1.54) is 44.1 Å². The van der Waals surface area contributed by atoms with Crippen LogP contribution in [0.25, 0.3) is 72.5 Å². The summed E-state index contributed by atoms with van der Waals surface area (Å²) >= 11 is 0. The summed E-state index contributed by atoms with van der Waals surface area (Å²) in [6, 6.07) is 53.8. The van der Waals surface area contributed by atoms with E-state index in [0.29, 0.717) is 5.82 Å². The van der Waals surface area contributed by atoms with Crippen molar-refractivity contribution in [2.75, 3.05) is 0 Å². The molecule has 0 bridgehead atoms. The maximum atomic E-state index is 5.13. The van der Waals surface area contributed by atoms with Gasteiger partial charge in [0.2, 0.25) is 0 Å². The minimum atomic E-state index is -0.146. The number of hydrogen-bond acceptors (Lipinski definition) is 2. The van der Waals surface area contributed by atoms with Gasteiger partial charge >= 0.3 is 0 Å². The lowest BCUT2D eigenvalue weighted by Crippen LogP contribution is -2.16. The number of nitrogens with zero attached hydrogens (tertiary/aromatic N) is 3. The molecule has 3 nitrogen and oxygen atoms in total. The minimum Gasteiger partial charge on any atom is -0.309 e. The molecule has 46 heavy (non-hydrogen) atoms. The fraction of sp³-hybridized carbons (Fsp3) is 0.0698. The molecule has 0 aliphatic heterocycles. The summed E-state index contributed by atoms with van der Waals surface area (Å²) in [5.74, 6) is 0.709. The Balaban J connectivity index is 1.30. The Morgan fingerprint density at radius 1 is 0.500 bits per heavy atom. The summed E-state index contributed by atoms with van der Waals surface area (Å²) in [4.78, 5) is 10.3. The van der Waals surface area contributed by atoms with Crippen LogP contribution in [0.5, 0.6) is 0 Å². The van der Waals surface area contributed by atoms with Crippen LogP contribution in [0.3, 0.4) is 0 Å². The highest BCUT2D eigenvalue weighted by Crippen LogP contribution is 2.52. The molecule has 1 aliphatic rings. The van der Waals surface area contributed by atoms with Gasteiger partial charge in [0.15, 0.2) is 5.82 Å². The molecule has 1 aliphatic carbocycles. The summed E-state index contributed by atoms with van der Waals surface area (Å²) in [5, 5.41) is 2.53. The molecular formula is C43H31N3. The van der Waals surface area contributed by atoms with Gasteiger partial charge in [-0.2, -0.15) is 0 Å². The van der Waals surface area contributed by atoms with Gasteiger partial charge in [0, 0.05) is 38.6 Å². The summed E-state index contributed by atoms with van der Waals surface area (Å²) in [6.07, 6.45) is 0. The zero-order chi connectivity index (χ0) is 30.8. The molecule has 6 aromatic carbocycles. The summed E-state index contributed by atoms with van der Waals surface area (Å²) in [6.45, 7) is 4.73. The predicted octanol–water partition coefficient (Wildman–Crippen LogP) is 10.9. The Labute approximate surface area is 268 Å². The number of hydrogen-bond donors (Lipinski definition) is 0. The van der Waals surface area contributed by atoms with Crippen LogP contribution >= 0.6 is 0 Å². The predicted molar refractivity (Wildman–Crippen MR) is 190 cm³/mol. The van der Waals surface area contributed by atoms with Crippen molar-refractivity contribution in [2.45, 2.75) is 19.3 Å². The average molecular weight is 590 g/mol. The van der Waals surface area contributed by atoms with Gasteiger partial charge in [0.25, 0.3) is 0 Å². The number of aromatic nitrogens is 3. The van der Waals surface area contributed by atoms with E-state index in [-0.39, 0.29) is 5.41 Å². The Morgan fingerprint density at radius 3 is 1.87 bits per heavy atom. The van der Waals surface area contributed by atoms with E-state index >= 15 is 0 Å². The molecule has 0 unspecified atom stereocenters. The molecule has 218 valence electrons. The van der Waals surface area contributed by atoms with Crippen molar-refractivity contribution in [1.82, 2.24) is 14.5 Å². The fourth-order valence-corrected chi connectivity index (χ4v) is 7.45. The van der Waals surface area contributed by atoms with Gasteiger partial charge in [0.1, 0.15) is 0 Å². The zero-order valence-electron chi connectivity index (χ0n) is 25.8. The molecule has 2 aromatic heterocycles. The van der Waals surface area contributed by atoms with Crippen LogP contribution in [-0.4, -0.2) is 14.5 Å². The molecule has 0 N–H and O–H groups in total. The Bertz CT molecular complexity index is 2380. The number of fused-ring (bicyclic) bond motifs is 7. The van der Waals surface area contributed by atoms with Crippen molar-refractivity contribution in [3.05, 3.63) is 163 Å². The topological polar surface area (TPSA) is 30.7 Å². The Hall–Kier alpha value is -5.80. The maximum Gasteiger partial charge on any atom is 0.160 e. The summed E-state index contributed by atoms with van der Waals surface area (Å²) < 4.78 is 2.46. The van der Waals surface area contributed by atoms with Gasteiger partial charge in [-0.3, -0.25) is 0 Å². The van der Waals surface area contributed by atoms with Crippen molar-refractivity contribution >= 4 is 21.8 Å². The van der Waals surface area contributed by atoms with Gasteiger partial charge in [-0.1, -0.05) is 141 Å². The molecule has 0 amide bonds. The molecule has 3 heteroatoms. The van der Waals surface area contributed by atoms with Crippen molar-refractivity contribution in [1.29, 1.82) is 0 Å². The van der Waals surface area contributed by atoms with Gasteiger partial charge in [-0.15, -0.1) is 0 Å². The van der Waals surface area contributed by atoms with E-state index in [4.69, 9.17) is 9.97 Å². The molecule has 0 saturated heterocycles. The van der Waals surface area contributed by atoms with E-state index in [0.717, 1.165) is 33.8 Å². The first-order chi connectivity index (χ1) is 22.6. The zero-order valence-corrected chi connectivity index (χ0v) is 25.8. The number of benzene rings is 6. The standard InChI is InChI=1S/C43H31N3/c1-43(2)36-22-11-9-20-32(36)34-24-25-35-33-21-10-12-23-39(33)46(41(35)40(34)43)31-19-13-18-30(26-31)42-44-37(28-14-5-3-6-15-28)27-38(45-42)29-16-7-4-8-17-29/h3-27H,1-2H3. The SMILES string of the molecule is CC1(C)c2ccccc2-c2ccc3c4ccccc4n(-c4cccc(-c5nc(-c6ccccc6)cc(-c6ccccc6)n5)c4)c3c21. The molecule has 0 radical (unpaired) electrons. The van der Waals surface area contributed by atoms with Crippen LogP contribution < -0.4 is 0 Å². The van der Waals surface area contributed by atoms with Crippen LogP contribution in [0, 0.1) is 0 Å². The first-order valence-electron chi connectivity index (χ1n) is 15.9. The van der Waals surface area contributed by atoms with Crippen LogP contribution in [0.4, 0.5) is 0 Å². The first-order valence-corrected chi connectivity index (χ1v) is 15.9. The lowest BCUT2D eigenvalue weighted by molar-refractivity contribution is 0.664. The third kappa shape index (κ3) is 3.98. The highest BCUT2D eigenvalue weighted by Gasteiger charge is 2.38. The van der Waals surface area contributed by atoms with Gasteiger partial charge < -0.3 is 4.57 Å². The normalized spacial score (nSPS) is 13.2. The van der Waals surface area contributed by atoms with Gasteiger partial charge in [-0.25, -0.2) is 9.97 Å². The lowest BCUT2D eigenvalue weighted by atomic mass is 9.81. The number of rotatable bonds is 4. The van der Waals surface area contributed by atoms with Crippen LogP contribution in [-0.2, 0) is 5.41 Å². The van der Waals surface area contributed by atoms with E-state index in [2.05, 4.69) is 158 Å². The molecule has 9 rings (SSSR count). The van der Waals surface area contributed by atoms with Crippen molar-refractivity contribution < 1.29 is 0 Å². The molecule has 2 heterocycles. The quantitative estimate of drug-likeness (QED) is 0.204. The van der Waals surface area contributed by atoms with Crippen LogP contribution in [0.15, 0.2) is 152 Å². The van der Waals surface area contributed by atoms with E-state index in [1.54, 1.807) is 0 Å². The van der Waals surface area contributed by atoms with Gasteiger partial charge in [0.05, 0.1) is 22.4 Å². The first kappa shape index (κ1) is 26.6. The van der Waals surface area contributed by atoms with Crippen LogP contribution in [0.2, 0.25) is 0 Å². The average Bonchev–Trinajstić information content (AvgIpc) is 3.57. The largest absolute Gasteiger partial charge is 0.309 e. The maximum absolute atomic E-state index is 5.13. The summed E-state index contributed by atoms with van der Waals surface area (Å²) in [5.41, 5.74) is 13.7. The molecule has 0 atom stereocenters. The molecular weight excluding hydrogens is 558 g/mol. The fourth-order valence-electron chi connectivity index (χ4n) is 7.45. The third-order valence-electron chi connectivity index (χ3n) is 9.58. The third-order valence-corrected chi connectivity index (χ3v) is 9.58. The highest BCUT2D eigenvalue weighted by atomic mass is 15.0. The lowest BCUT2D eigenvalue weighted by Gasteiger charge is -2.23. The van der Waals surface area contributed by atoms with Crippen LogP contribution in [0.1, 0.15) is 25.0 Å². The highest BCUT2D eigenvalue weighted by molar-refractivity contribution is 6.13. The monoisotopic (exact) mass is 589 g/mol. The Morgan fingerprint density at radius 2 is 1.13 bits per heavy atom. The second-order valence-corrected chi connectivity index (χ2v) is 12.7. The molecule has 0 spiro atoms. The second kappa shape index (κ2) is 10.1. The van der Waals surface area contributed by atoms with E-state index < -0.39 is 0 Å². The minimum absolute atomic E-state index is 0.146. The molecule has 8 aromatic rings. The summed E-state index contributed by atoms with van der Waals surface area (Å²) in [7, 11) is 0. The smallest absolute Gasteiger partial charge is 0.160 e. The van der Waals surface area contributed by atoms with E-state index in [1.807, 2.05) is 12.1 Å². The second-order valence-electron chi connectivity index (χ2n) is 12.7. The van der Waals surface area contributed by atoms with E-state index in [9.17, 15) is 0 Å². The Kier molecular flexibility index (Phi) is 5.85. The van der Waals surface area contributed by atoms with Gasteiger partial charge in [-0.05, 0) is 46.5 Å². The number of para-hydroxylation sites is 1. The van der Waals surface area contributed by atoms with Crippen molar-refractivity contribution in [2.24, 2.45) is 0 Å². The molecule has 0 fully saturated rings. The van der Waals surface area contributed by atoms with Crippen molar-refractivity contribution in [3.63, 3.8) is 0 Å². The molecule has 0 saturated carbocycles. The van der Waals surface area contributed by atoms with Crippen molar-refractivity contribution in [3.8, 4) is 50.7 Å².